The molecule has 2 amide bonds. The molecule has 0 spiro atoms. The van der Waals surface area contributed by atoms with Gasteiger partial charge in [0.15, 0.2) is 9.84 Å². The molecule has 2 aromatic carbocycles. The fourth-order valence-corrected chi connectivity index (χ4v) is 6.44. The molecule has 0 unspecified atom stereocenters. The number of nitrogens with zero attached hydrogens (tertiary/aromatic N) is 1. The lowest BCUT2D eigenvalue weighted by molar-refractivity contribution is -0.117. The van der Waals surface area contributed by atoms with Crippen molar-refractivity contribution in [1.82, 2.24) is 0 Å². The van der Waals surface area contributed by atoms with Crippen molar-refractivity contribution in [3.05, 3.63) is 79.2 Å². The Kier molecular flexibility index (Phi) is 6.04. The van der Waals surface area contributed by atoms with E-state index in [1.807, 2.05) is 0 Å². The Balaban J connectivity index is 1.78. The minimum Gasteiger partial charge on any atom is -0.477 e. The summed E-state index contributed by atoms with van der Waals surface area (Å²) in [6.07, 6.45) is -0.337. The molecule has 1 aromatic heterocycles. The second kappa shape index (κ2) is 8.53. The third-order valence-corrected chi connectivity index (χ3v) is 8.35. The zero-order valence-corrected chi connectivity index (χ0v) is 19.5. The van der Waals surface area contributed by atoms with Gasteiger partial charge in [0.05, 0.1) is 28.3 Å². The van der Waals surface area contributed by atoms with Gasteiger partial charge in [-0.2, -0.15) is 0 Å². The molecule has 1 aliphatic heterocycles. The number of carbonyl (C=O) groups excluding carboxylic acids is 2. The Morgan fingerprint density at radius 1 is 1.15 bits per heavy atom. The van der Waals surface area contributed by atoms with Crippen LogP contribution in [0.5, 0.6) is 0 Å². The largest absolute Gasteiger partial charge is 0.477 e. The van der Waals surface area contributed by atoms with Gasteiger partial charge in [-0.05, 0) is 41.3 Å². The monoisotopic (exact) mass is 527 g/mol. The predicted molar refractivity (Wildman–Crippen MR) is 121 cm³/mol. The zero-order valence-electron chi connectivity index (χ0n) is 16.3. The molecule has 3 aromatic rings. The Hall–Kier alpha value is -2.79. The summed E-state index contributed by atoms with van der Waals surface area (Å²) in [6.45, 7) is 0. The zero-order chi connectivity index (χ0) is 24.1. The fourth-order valence-electron chi connectivity index (χ4n) is 3.43. The van der Waals surface area contributed by atoms with Crippen molar-refractivity contribution < 1.29 is 32.3 Å². The van der Waals surface area contributed by atoms with Gasteiger partial charge >= 0.3 is 5.97 Å². The van der Waals surface area contributed by atoms with Crippen molar-refractivity contribution in [2.45, 2.75) is 17.1 Å². The van der Waals surface area contributed by atoms with Crippen molar-refractivity contribution in [3.63, 3.8) is 0 Å². The molecular weight excluding hydrogens is 516 g/mol. The van der Waals surface area contributed by atoms with E-state index in [1.54, 1.807) is 6.07 Å². The van der Waals surface area contributed by atoms with Crippen LogP contribution in [0.2, 0.25) is 10.0 Å². The van der Waals surface area contributed by atoms with Crippen LogP contribution in [-0.4, -0.2) is 31.3 Å². The number of benzene rings is 2. The topological polar surface area (TPSA) is 109 Å². The third kappa shape index (κ3) is 4.15. The van der Waals surface area contributed by atoms with Gasteiger partial charge in [0.1, 0.15) is 10.7 Å². The first-order valence-corrected chi connectivity index (χ1v) is 12.5. The predicted octanol–water partition coefficient (Wildman–Crippen LogP) is 4.60. The van der Waals surface area contributed by atoms with E-state index in [9.17, 15) is 32.3 Å². The molecule has 0 fully saturated rings. The SMILES string of the molecule is O=C(O)c1scc2c1C(=O)N(c1cc(S(=O)(=O)Cc3c(Cl)cccc3Cl)ccc1F)C(=O)C2. The van der Waals surface area contributed by atoms with Crippen molar-refractivity contribution in [2.24, 2.45) is 0 Å². The van der Waals surface area contributed by atoms with E-state index in [-0.39, 0.29) is 42.9 Å². The Morgan fingerprint density at radius 2 is 1.82 bits per heavy atom. The number of rotatable bonds is 5. The smallest absolute Gasteiger partial charge is 0.346 e. The lowest BCUT2D eigenvalue weighted by atomic mass is 10.0. The number of thiophene rings is 1. The Labute approximate surface area is 200 Å². The number of hydrogen-bond donors (Lipinski definition) is 1. The average molecular weight is 528 g/mol. The van der Waals surface area contributed by atoms with Crippen LogP contribution in [0.15, 0.2) is 46.7 Å². The fraction of sp³-hybridized carbons (Fsp3) is 0.0952. The molecule has 0 radical (unpaired) electrons. The van der Waals surface area contributed by atoms with E-state index in [2.05, 4.69) is 0 Å². The Bertz CT molecular complexity index is 1430. The van der Waals surface area contributed by atoms with Crippen LogP contribution in [0.1, 0.15) is 31.2 Å². The summed E-state index contributed by atoms with van der Waals surface area (Å²) >= 11 is 12.9. The van der Waals surface area contributed by atoms with E-state index in [4.69, 9.17) is 23.2 Å². The number of sulfone groups is 1. The van der Waals surface area contributed by atoms with Gasteiger partial charge < -0.3 is 5.11 Å². The van der Waals surface area contributed by atoms with Crippen molar-refractivity contribution >= 4 is 67.8 Å². The van der Waals surface area contributed by atoms with Crippen molar-refractivity contribution in [2.75, 3.05) is 4.90 Å². The third-order valence-electron chi connectivity index (χ3n) is 4.98. The number of imide groups is 1. The highest BCUT2D eigenvalue weighted by Crippen LogP contribution is 2.35. The van der Waals surface area contributed by atoms with E-state index >= 15 is 0 Å². The first-order valence-electron chi connectivity index (χ1n) is 9.17. The van der Waals surface area contributed by atoms with Crippen LogP contribution in [0, 0.1) is 5.82 Å². The van der Waals surface area contributed by atoms with Crippen LogP contribution in [0.4, 0.5) is 10.1 Å². The molecule has 12 heteroatoms. The van der Waals surface area contributed by atoms with Crippen LogP contribution in [0.25, 0.3) is 0 Å². The van der Waals surface area contributed by atoms with Crippen LogP contribution in [0.3, 0.4) is 0 Å². The van der Waals surface area contributed by atoms with E-state index in [1.165, 1.54) is 17.5 Å². The minimum atomic E-state index is -4.12. The molecule has 1 aliphatic rings. The molecule has 1 N–H and O–H groups in total. The van der Waals surface area contributed by atoms with E-state index < -0.39 is 44.9 Å². The molecule has 2 heterocycles. The van der Waals surface area contributed by atoms with E-state index in [0.29, 0.717) is 4.90 Å². The summed E-state index contributed by atoms with van der Waals surface area (Å²) in [6, 6.07) is 7.17. The van der Waals surface area contributed by atoms with Crippen LogP contribution < -0.4 is 4.90 Å². The molecular formula is C21H12Cl2FNO6S2. The summed E-state index contributed by atoms with van der Waals surface area (Å²) in [5.41, 5.74) is -0.445. The highest BCUT2D eigenvalue weighted by Gasteiger charge is 2.38. The molecule has 4 rings (SSSR count). The van der Waals surface area contributed by atoms with Crippen molar-refractivity contribution in [1.29, 1.82) is 0 Å². The highest BCUT2D eigenvalue weighted by atomic mass is 35.5. The number of amides is 2. The first kappa shape index (κ1) is 23.4. The number of hydrogen-bond acceptors (Lipinski definition) is 6. The second-order valence-corrected chi connectivity index (χ2v) is 10.7. The minimum absolute atomic E-state index is 0.126. The highest BCUT2D eigenvalue weighted by molar-refractivity contribution is 7.90. The molecule has 0 aliphatic carbocycles. The molecule has 0 bridgehead atoms. The van der Waals surface area contributed by atoms with E-state index in [0.717, 1.165) is 29.5 Å². The standard InChI is InChI=1S/C21H12Cl2FNO6S2/c22-13-2-1-3-14(23)12(13)9-33(30,31)11-4-5-15(24)16(7-11)25-17(26)6-10-8-32-19(21(28)29)18(10)20(25)27/h1-5,7-8H,6,9H2,(H,28,29). The summed E-state index contributed by atoms with van der Waals surface area (Å²) < 4.78 is 40.7. The number of anilines is 1. The quantitative estimate of drug-likeness (QED) is 0.383. The van der Waals surface area contributed by atoms with Gasteiger partial charge in [0.2, 0.25) is 5.91 Å². The van der Waals surface area contributed by atoms with Gasteiger partial charge in [-0.15, -0.1) is 11.3 Å². The number of carboxylic acids is 1. The van der Waals surface area contributed by atoms with Gasteiger partial charge in [0, 0.05) is 15.6 Å². The molecule has 0 saturated carbocycles. The lowest BCUT2D eigenvalue weighted by Gasteiger charge is -2.26. The van der Waals surface area contributed by atoms with Crippen LogP contribution >= 0.6 is 34.5 Å². The molecule has 7 nitrogen and oxygen atoms in total. The summed E-state index contributed by atoms with van der Waals surface area (Å²) in [5.74, 6) is -4.84. The summed E-state index contributed by atoms with van der Waals surface area (Å²) in [7, 11) is -4.12. The number of carboxylic acid groups (broad SMARTS) is 1. The number of aromatic carboxylic acids is 1. The molecule has 170 valence electrons. The normalized spacial score (nSPS) is 13.8. The maximum Gasteiger partial charge on any atom is 0.346 e. The van der Waals surface area contributed by atoms with Gasteiger partial charge in [0.25, 0.3) is 5.91 Å². The second-order valence-electron chi connectivity index (χ2n) is 7.05. The van der Waals surface area contributed by atoms with Crippen LogP contribution in [-0.2, 0) is 26.8 Å². The van der Waals surface area contributed by atoms with Crippen molar-refractivity contribution in [3.8, 4) is 0 Å². The first-order chi connectivity index (χ1) is 15.5. The number of halogens is 3. The average Bonchev–Trinajstić information content (AvgIpc) is 3.16. The number of carbonyl (C=O) groups is 3. The summed E-state index contributed by atoms with van der Waals surface area (Å²) in [4.78, 5) is 36.9. The molecule has 0 saturated heterocycles. The maximum absolute atomic E-state index is 14.7. The lowest BCUT2D eigenvalue weighted by Crippen LogP contribution is -2.43. The van der Waals surface area contributed by atoms with Gasteiger partial charge in [-0.3, -0.25) is 9.59 Å². The molecule has 0 atom stereocenters. The summed E-state index contributed by atoms with van der Waals surface area (Å²) in [5, 5.41) is 11.0. The number of fused-ring (bicyclic) bond motifs is 1. The maximum atomic E-state index is 14.7. The van der Waals surface area contributed by atoms with Gasteiger partial charge in [-0.25, -0.2) is 22.5 Å². The molecule has 33 heavy (non-hydrogen) atoms. The Morgan fingerprint density at radius 3 is 2.45 bits per heavy atom. The van der Waals surface area contributed by atoms with Gasteiger partial charge in [-0.1, -0.05) is 29.3 Å².